The summed E-state index contributed by atoms with van der Waals surface area (Å²) in [4.78, 5) is 26.2. The molecule has 1 aliphatic heterocycles. The molecule has 7 heteroatoms. The van der Waals surface area contributed by atoms with Gasteiger partial charge in [-0.1, -0.05) is 24.0 Å². The number of anilines is 1. The zero-order valence-electron chi connectivity index (χ0n) is 17.9. The molecule has 1 fully saturated rings. The number of H-pyrrole nitrogens is 1. The summed E-state index contributed by atoms with van der Waals surface area (Å²) in [7, 11) is 1.60. The number of methoxy groups -OCH3 is 1. The second-order valence-corrected chi connectivity index (χ2v) is 7.43. The van der Waals surface area contributed by atoms with E-state index in [-0.39, 0.29) is 18.4 Å². The molecular weight excluding hydrogens is 404 g/mol. The molecule has 2 heterocycles. The number of nitrogens with one attached hydrogen (secondary N) is 2. The van der Waals surface area contributed by atoms with Crippen LogP contribution in [0.25, 0.3) is 11.3 Å². The summed E-state index contributed by atoms with van der Waals surface area (Å²) in [6.07, 6.45) is 2.61. The minimum Gasteiger partial charge on any atom is -0.497 e. The van der Waals surface area contributed by atoms with E-state index < -0.39 is 0 Å². The van der Waals surface area contributed by atoms with Crippen LogP contribution in [0.2, 0.25) is 0 Å². The van der Waals surface area contributed by atoms with Gasteiger partial charge in [0.1, 0.15) is 11.4 Å². The van der Waals surface area contributed by atoms with Gasteiger partial charge in [-0.3, -0.25) is 14.7 Å². The van der Waals surface area contributed by atoms with Crippen LogP contribution in [0.3, 0.4) is 0 Å². The van der Waals surface area contributed by atoms with Gasteiger partial charge in [-0.15, -0.1) is 0 Å². The zero-order valence-corrected chi connectivity index (χ0v) is 17.9. The van der Waals surface area contributed by atoms with Gasteiger partial charge in [-0.05, 0) is 55.3 Å². The molecule has 1 saturated heterocycles. The van der Waals surface area contributed by atoms with Gasteiger partial charge in [0.2, 0.25) is 5.91 Å². The summed E-state index contributed by atoms with van der Waals surface area (Å²) >= 11 is 0. The first-order valence-corrected chi connectivity index (χ1v) is 10.5. The predicted octanol–water partition coefficient (Wildman–Crippen LogP) is 3.38. The van der Waals surface area contributed by atoms with Crippen LogP contribution in [0.15, 0.2) is 54.6 Å². The third-order valence-corrected chi connectivity index (χ3v) is 5.26. The van der Waals surface area contributed by atoms with Crippen molar-refractivity contribution in [1.82, 2.24) is 15.5 Å². The topological polar surface area (TPSA) is 87.3 Å². The Balaban J connectivity index is 1.32. The fourth-order valence-corrected chi connectivity index (χ4v) is 3.54. The van der Waals surface area contributed by atoms with E-state index in [9.17, 15) is 9.59 Å². The van der Waals surface area contributed by atoms with Crippen LogP contribution in [-0.4, -0.2) is 42.2 Å². The van der Waals surface area contributed by atoms with Gasteiger partial charge in [0.05, 0.1) is 19.3 Å². The number of hydrogen-bond donors (Lipinski definition) is 2. The average molecular weight is 428 g/mol. The van der Waals surface area contributed by atoms with Crippen molar-refractivity contribution < 1.29 is 14.3 Å². The number of nitrogens with zero attached hydrogens (tertiary/aromatic N) is 2. The highest BCUT2D eigenvalue weighted by atomic mass is 16.5. The second-order valence-electron chi connectivity index (χ2n) is 7.43. The van der Waals surface area contributed by atoms with Gasteiger partial charge in [0, 0.05) is 29.8 Å². The van der Waals surface area contributed by atoms with E-state index in [1.807, 2.05) is 53.4 Å². The van der Waals surface area contributed by atoms with E-state index in [0.717, 1.165) is 42.0 Å². The number of benzene rings is 2. The van der Waals surface area contributed by atoms with Gasteiger partial charge >= 0.3 is 0 Å². The van der Waals surface area contributed by atoms with Gasteiger partial charge < -0.3 is 15.0 Å². The first-order chi connectivity index (χ1) is 15.6. The van der Waals surface area contributed by atoms with Crippen LogP contribution in [0, 0.1) is 11.8 Å². The Kier molecular flexibility index (Phi) is 6.52. The Morgan fingerprint density at radius 1 is 1.19 bits per heavy atom. The minimum atomic E-state index is -0.278. The minimum absolute atomic E-state index is 0.172. The molecule has 0 aliphatic carbocycles. The third-order valence-electron chi connectivity index (χ3n) is 5.26. The van der Waals surface area contributed by atoms with Crippen molar-refractivity contribution in [3.8, 4) is 28.8 Å². The number of ether oxygens (including phenoxy) is 1. The molecule has 0 spiro atoms. The van der Waals surface area contributed by atoms with E-state index in [4.69, 9.17) is 4.74 Å². The van der Waals surface area contributed by atoms with E-state index in [1.54, 1.807) is 13.2 Å². The number of amides is 2. The Labute approximate surface area is 186 Å². The summed E-state index contributed by atoms with van der Waals surface area (Å²) in [5, 5.41) is 9.73. The Morgan fingerprint density at radius 2 is 2.03 bits per heavy atom. The number of carbonyl (C=O) groups excluding carboxylic acids is 2. The first-order valence-electron chi connectivity index (χ1n) is 10.5. The Hall–Kier alpha value is -4.05. The van der Waals surface area contributed by atoms with Crippen molar-refractivity contribution >= 4 is 17.5 Å². The molecule has 2 aromatic carbocycles. The fraction of sp³-hybridized carbons (Fsp3) is 0.240. The van der Waals surface area contributed by atoms with Crippen LogP contribution in [0.4, 0.5) is 5.69 Å². The van der Waals surface area contributed by atoms with Crippen LogP contribution in [0.5, 0.6) is 5.75 Å². The molecular formula is C25H24N4O3. The molecule has 0 atom stereocenters. The zero-order chi connectivity index (χ0) is 22.3. The van der Waals surface area contributed by atoms with Crippen LogP contribution in [-0.2, 0) is 4.79 Å². The molecule has 1 aliphatic rings. The molecule has 0 bridgehead atoms. The molecule has 162 valence electrons. The highest BCUT2D eigenvalue weighted by Crippen LogP contribution is 2.23. The van der Waals surface area contributed by atoms with Crippen molar-refractivity contribution in [1.29, 1.82) is 0 Å². The quantitative estimate of drug-likeness (QED) is 0.610. The summed E-state index contributed by atoms with van der Waals surface area (Å²) in [6.45, 7) is 0.974. The summed E-state index contributed by atoms with van der Waals surface area (Å²) in [5.74, 6) is 6.60. The standard InChI is InChI=1S/C25H24N4O3/c1-32-21-8-4-7-19(16-21)22-17-23(28-27-22)25(31)26-14-5-6-18-10-12-20(13-11-18)29-15-3-2-9-24(29)30/h4,7-8,10-13,16-17H,2-3,9,14-15H2,1H3,(H,26,31)(H,27,28). The normalized spacial score (nSPS) is 13.3. The average Bonchev–Trinajstić information content (AvgIpc) is 3.33. The lowest BCUT2D eigenvalue weighted by Gasteiger charge is -2.26. The second kappa shape index (κ2) is 9.84. The SMILES string of the molecule is COc1cccc(-c2cc(C(=O)NCC#Cc3ccc(N4CCCCC4=O)cc3)[nH]n2)c1. The van der Waals surface area contributed by atoms with Gasteiger partial charge in [-0.2, -0.15) is 5.10 Å². The van der Waals surface area contributed by atoms with Crippen molar-refractivity contribution in [2.75, 3.05) is 25.1 Å². The van der Waals surface area contributed by atoms with Gasteiger partial charge in [0.15, 0.2) is 0 Å². The Morgan fingerprint density at radius 3 is 2.81 bits per heavy atom. The molecule has 2 N–H and O–H groups in total. The van der Waals surface area contributed by atoms with Crippen LogP contribution < -0.4 is 15.0 Å². The molecule has 4 rings (SSSR count). The molecule has 0 radical (unpaired) electrons. The van der Waals surface area contributed by atoms with Crippen molar-refractivity contribution in [2.24, 2.45) is 0 Å². The maximum absolute atomic E-state index is 12.4. The van der Waals surface area contributed by atoms with Crippen molar-refractivity contribution in [2.45, 2.75) is 19.3 Å². The molecule has 0 unspecified atom stereocenters. The first kappa shape index (κ1) is 21.2. The van der Waals surface area contributed by atoms with E-state index in [2.05, 4.69) is 27.4 Å². The largest absolute Gasteiger partial charge is 0.497 e. The van der Waals surface area contributed by atoms with Crippen molar-refractivity contribution in [3.05, 3.63) is 65.9 Å². The number of rotatable bonds is 5. The smallest absolute Gasteiger partial charge is 0.270 e. The number of aromatic nitrogens is 2. The Bertz CT molecular complexity index is 1170. The lowest BCUT2D eigenvalue weighted by molar-refractivity contribution is -0.119. The highest BCUT2D eigenvalue weighted by Gasteiger charge is 2.19. The van der Waals surface area contributed by atoms with Gasteiger partial charge in [0.25, 0.3) is 5.91 Å². The molecule has 32 heavy (non-hydrogen) atoms. The number of aromatic amines is 1. The molecule has 3 aromatic rings. The van der Waals surface area contributed by atoms with E-state index in [1.165, 1.54) is 0 Å². The monoisotopic (exact) mass is 428 g/mol. The van der Waals surface area contributed by atoms with Crippen molar-refractivity contribution in [3.63, 3.8) is 0 Å². The molecule has 7 nitrogen and oxygen atoms in total. The predicted molar refractivity (Wildman–Crippen MR) is 122 cm³/mol. The van der Waals surface area contributed by atoms with E-state index >= 15 is 0 Å². The fourth-order valence-electron chi connectivity index (χ4n) is 3.54. The summed E-state index contributed by atoms with van der Waals surface area (Å²) in [6, 6.07) is 16.8. The maximum atomic E-state index is 12.4. The molecule has 0 saturated carbocycles. The highest BCUT2D eigenvalue weighted by molar-refractivity contribution is 5.94. The van der Waals surface area contributed by atoms with Crippen LogP contribution >= 0.6 is 0 Å². The molecule has 1 aromatic heterocycles. The summed E-state index contributed by atoms with van der Waals surface area (Å²) in [5.41, 5.74) is 3.61. The number of carbonyl (C=O) groups is 2. The van der Waals surface area contributed by atoms with E-state index in [0.29, 0.717) is 17.8 Å². The molecule has 2 amide bonds. The van der Waals surface area contributed by atoms with Gasteiger partial charge in [-0.25, -0.2) is 0 Å². The number of hydrogen-bond acceptors (Lipinski definition) is 4. The number of piperidine rings is 1. The summed E-state index contributed by atoms with van der Waals surface area (Å²) < 4.78 is 5.22. The lowest BCUT2D eigenvalue weighted by atomic mass is 10.1. The third kappa shape index (κ3) is 4.98. The lowest BCUT2D eigenvalue weighted by Crippen LogP contribution is -2.35. The van der Waals surface area contributed by atoms with Crippen LogP contribution in [0.1, 0.15) is 35.3 Å². The maximum Gasteiger partial charge on any atom is 0.270 e.